The Bertz CT molecular complexity index is 150. The van der Waals surface area contributed by atoms with Gasteiger partial charge in [0.25, 0.3) is 0 Å². The summed E-state index contributed by atoms with van der Waals surface area (Å²) >= 11 is 2.03. The van der Waals surface area contributed by atoms with Crippen LogP contribution < -0.4 is 0 Å². The van der Waals surface area contributed by atoms with Gasteiger partial charge in [-0.15, -0.1) is 0 Å². The SMILES string of the molecule is OC[C@@H]1O[C@H]([SeH])[C@@H](O)[C@H](O)[C@@H]1O. The molecule has 6 heteroatoms. The average Bonchev–Trinajstić information content (AvgIpc) is 2.08. The first kappa shape index (κ1) is 10.4. The van der Waals surface area contributed by atoms with Gasteiger partial charge in [0, 0.05) is 0 Å². The molecule has 1 rings (SSSR count). The van der Waals surface area contributed by atoms with E-state index in [1.165, 1.54) is 0 Å². The second-order valence-corrected chi connectivity index (χ2v) is 3.79. The number of aliphatic hydroxyl groups is 4. The molecular formula is C6H12O5Se. The van der Waals surface area contributed by atoms with E-state index < -0.39 is 29.4 Å². The fourth-order valence-electron chi connectivity index (χ4n) is 1.08. The first-order chi connectivity index (χ1) is 5.57. The normalized spacial score (nSPS) is 49.2. The van der Waals surface area contributed by atoms with Crippen LogP contribution in [0.5, 0.6) is 0 Å². The zero-order valence-electron chi connectivity index (χ0n) is 6.24. The van der Waals surface area contributed by atoms with Crippen LogP contribution in [0.2, 0.25) is 0 Å². The predicted molar refractivity (Wildman–Crippen MR) is 40.9 cm³/mol. The van der Waals surface area contributed by atoms with E-state index in [4.69, 9.17) is 9.84 Å². The molecule has 0 saturated carbocycles. The average molecular weight is 243 g/mol. The van der Waals surface area contributed by atoms with E-state index >= 15 is 0 Å². The Balaban J connectivity index is 2.63. The van der Waals surface area contributed by atoms with Crippen molar-refractivity contribution in [2.45, 2.75) is 29.4 Å². The van der Waals surface area contributed by atoms with Crippen LogP contribution in [0.4, 0.5) is 0 Å². The Kier molecular flexibility index (Phi) is 3.48. The van der Waals surface area contributed by atoms with Crippen molar-refractivity contribution in [2.24, 2.45) is 0 Å². The van der Waals surface area contributed by atoms with Gasteiger partial charge in [0.05, 0.1) is 0 Å². The molecule has 1 saturated heterocycles. The summed E-state index contributed by atoms with van der Waals surface area (Å²) < 4.78 is 4.99. The Morgan fingerprint density at radius 2 is 1.67 bits per heavy atom. The molecule has 72 valence electrons. The van der Waals surface area contributed by atoms with Crippen LogP contribution in [0.1, 0.15) is 0 Å². The second-order valence-electron chi connectivity index (χ2n) is 2.72. The van der Waals surface area contributed by atoms with Gasteiger partial charge in [0.2, 0.25) is 0 Å². The molecule has 0 aromatic rings. The summed E-state index contributed by atoms with van der Waals surface area (Å²) in [4.78, 5) is 0. The van der Waals surface area contributed by atoms with E-state index in [1.807, 2.05) is 16.0 Å². The van der Waals surface area contributed by atoms with Crippen molar-refractivity contribution in [3.8, 4) is 0 Å². The molecule has 1 aliphatic heterocycles. The molecule has 5 nitrogen and oxygen atoms in total. The van der Waals surface area contributed by atoms with Crippen molar-refractivity contribution in [1.82, 2.24) is 0 Å². The Morgan fingerprint density at radius 3 is 2.17 bits per heavy atom. The van der Waals surface area contributed by atoms with E-state index in [9.17, 15) is 15.3 Å². The summed E-state index contributed by atoms with van der Waals surface area (Å²) in [6.07, 6.45) is -4.44. The summed E-state index contributed by atoms with van der Waals surface area (Å²) in [6, 6.07) is 0. The Morgan fingerprint density at radius 1 is 1.08 bits per heavy atom. The summed E-state index contributed by atoms with van der Waals surface area (Å²) in [5, 5.41) is 35.7. The van der Waals surface area contributed by atoms with Gasteiger partial charge in [0.1, 0.15) is 0 Å². The Labute approximate surface area is 77.8 Å². The quantitative estimate of drug-likeness (QED) is 0.362. The van der Waals surface area contributed by atoms with Crippen molar-refractivity contribution in [1.29, 1.82) is 0 Å². The zero-order valence-corrected chi connectivity index (χ0v) is 8.11. The third-order valence-corrected chi connectivity index (χ3v) is 2.76. The molecule has 1 aliphatic rings. The van der Waals surface area contributed by atoms with Gasteiger partial charge in [-0.1, -0.05) is 0 Å². The van der Waals surface area contributed by atoms with Crippen molar-refractivity contribution < 1.29 is 25.2 Å². The summed E-state index contributed by atoms with van der Waals surface area (Å²) in [5.74, 6) is 0. The van der Waals surface area contributed by atoms with Gasteiger partial charge in [-0.2, -0.15) is 0 Å². The van der Waals surface area contributed by atoms with E-state index in [0.717, 1.165) is 0 Å². The van der Waals surface area contributed by atoms with Gasteiger partial charge in [-0.05, 0) is 0 Å². The molecular weight excluding hydrogens is 231 g/mol. The van der Waals surface area contributed by atoms with Crippen molar-refractivity contribution in [2.75, 3.05) is 6.61 Å². The van der Waals surface area contributed by atoms with E-state index in [0.29, 0.717) is 0 Å². The topological polar surface area (TPSA) is 90.2 Å². The van der Waals surface area contributed by atoms with E-state index in [2.05, 4.69) is 0 Å². The predicted octanol–water partition coefficient (Wildman–Crippen LogP) is -3.31. The summed E-state index contributed by atoms with van der Waals surface area (Å²) in [6.45, 7) is -0.376. The third-order valence-electron chi connectivity index (χ3n) is 1.87. The van der Waals surface area contributed by atoms with Gasteiger partial charge < -0.3 is 0 Å². The van der Waals surface area contributed by atoms with Gasteiger partial charge in [0.15, 0.2) is 0 Å². The summed E-state index contributed by atoms with van der Waals surface area (Å²) in [7, 11) is 0. The maximum absolute atomic E-state index is 9.22. The van der Waals surface area contributed by atoms with Crippen LogP contribution >= 0.6 is 0 Å². The second kappa shape index (κ2) is 4.02. The van der Waals surface area contributed by atoms with Gasteiger partial charge in [-0.25, -0.2) is 0 Å². The molecule has 4 N–H and O–H groups in total. The number of ether oxygens (including phenoxy) is 1. The first-order valence-corrected chi connectivity index (χ1v) is 4.65. The Hall–Kier alpha value is 0.319. The molecule has 0 spiro atoms. The molecule has 0 aliphatic carbocycles. The van der Waals surface area contributed by atoms with Crippen LogP contribution in [0.25, 0.3) is 0 Å². The number of hydrogen-bond acceptors (Lipinski definition) is 5. The first-order valence-electron chi connectivity index (χ1n) is 3.56. The fraction of sp³-hybridized carbons (Fsp3) is 1.00. The third kappa shape index (κ3) is 1.80. The molecule has 0 amide bonds. The fourth-order valence-corrected chi connectivity index (χ4v) is 1.78. The van der Waals surface area contributed by atoms with E-state index in [-0.39, 0.29) is 6.61 Å². The molecule has 0 aromatic carbocycles. The number of rotatable bonds is 1. The van der Waals surface area contributed by atoms with Crippen LogP contribution in [0.3, 0.4) is 0 Å². The molecule has 0 radical (unpaired) electrons. The van der Waals surface area contributed by atoms with E-state index in [1.54, 1.807) is 0 Å². The zero-order chi connectivity index (χ0) is 9.30. The molecule has 1 heterocycles. The minimum atomic E-state index is -1.26. The van der Waals surface area contributed by atoms with Gasteiger partial charge >= 0.3 is 77.2 Å². The van der Waals surface area contributed by atoms with Crippen LogP contribution in [0.15, 0.2) is 0 Å². The molecule has 5 atom stereocenters. The summed E-state index contributed by atoms with van der Waals surface area (Å²) in [5.41, 5.74) is 0. The molecule has 0 unspecified atom stereocenters. The monoisotopic (exact) mass is 244 g/mol. The van der Waals surface area contributed by atoms with Crippen molar-refractivity contribution in [3.63, 3.8) is 0 Å². The standard InChI is InChI=1S/C6H12O5Se/c7-1-2-3(8)4(9)5(10)6(12)11-2/h2-10,12H,1H2/t2-,3+,4+,5-,6+/m0/s1. The van der Waals surface area contributed by atoms with Crippen LogP contribution in [-0.2, 0) is 4.74 Å². The van der Waals surface area contributed by atoms with Crippen LogP contribution in [-0.4, -0.2) is 72.5 Å². The van der Waals surface area contributed by atoms with Crippen LogP contribution in [0, 0.1) is 0 Å². The van der Waals surface area contributed by atoms with Crippen molar-refractivity contribution in [3.05, 3.63) is 0 Å². The van der Waals surface area contributed by atoms with Crippen molar-refractivity contribution >= 4 is 16.0 Å². The number of hydrogen-bond donors (Lipinski definition) is 4. The minimum absolute atomic E-state index is 0.376. The molecule has 12 heavy (non-hydrogen) atoms. The van der Waals surface area contributed by atoms with Gasteiger partial charge in [-0.3, -0.25) is 0 Å². The number of aliphatic hydroxyl groups excluding tert-OH is 4. The molecule has 0 aromatic heterocycles. The molecule has 1 fully saturated rings. The molecule has 0 bridgehead atoms. The maximum atomic E-state index is 9.22.